The second-order valence-corrected chi connectivity index (χ2v) is 6.67. The number of pyridine rings is 1. The zero-order chi connectivity index (χ0) is 20.1. The first-order chi connectivity index (χ1) is 14.2. The molecular formula is C23H20N4O2. The van der Waals surface area contributed by atoms with Crippen molar-refractivity contribution in [2.75, 3.05) is 11.9 Å². The molecule has 0 bridgehead atoms. The number of aliphatic carboxylic acids is 1. The van der Waals surface area contributed by atoms with Gasteiger partial charge in [-0.25, -0.2) is 0 Å². The van der Waals surface area contributed by atoms with Crippen molar-refractivity contribution in [1.82, 2.24) is 14.8 Å². The number of anilines is 1. The third kappa shape index (κ3) is 4.68. The molecule has 0 atom stereocenters. The van der Waals surface area contributed by atoms with Crippen molar-refractivity contribution in [2.24, 2.45) is 0 Å². The first-order valence-corrected chi connectivity index (χ1v) is 9.26. The van der Waals surface area contributed by atoms with Gasteiger partial charge in [0.05, 0.1) is 12.2 Å². The van der Waals surface area contributed by atoms with Crippen LogP contribution in [-0.2, 0) is 11.3 Å². The summed E-state index contributed by atoms with van der Waals surface area (Å²) in [6.45, 7) is 0.490. The summed E-state index contributed by atoms with van der Waals surface area (Å²) in [6, 6.07) is 21.8. The molecule has 2 N–H and O–H groups in total. The molecule has 0 amide bonds. The van der Waals surface area contributed by atoms with Gasteiger partial charge in [0, 0.05) is 29.8 Å². The van der Waals surface area contributed by atoms with Crippen LogP contribution in [-0.4, -0.2) is 32.4 Å². The lowest BCUT2D eigenvalue weighted by Gasteiger charge is -2.10. The number of carboxylic acid groups (broad SMARTS) is 1. The minimum absolute atomic E-state index is 0.146. The number of aromatic nitrogens is 3. The number of hydrogen-bond donors (Lipinski definition) is 2. The van der Waals surface area contributed by atoms with E-state index in [1.807, 2.05) is 77.7 Å². The number of nitrogens with zero attached hydrogens (tertiary/aromatic N) is 3. The highest BCUT2D eigenvalue weighted by atomic mass is 16.4. The Morgan fingerprint density at radius 1 is 0.966 bits per heavy atom. The van der Waals surface area contributed by atoms with Crippen LogP contribution in [0.4, 0.5) is 5.69 Å². The minimum atomic E-state index is -0.905. The van der Waals surface area contributed by atoms with E-state index in [1.165, 1.54) is 0 Å². The summed E-state index contributed by atoms with van der Waals surface area (Å²) in [6.07, 6.45) is 5.51. The van der Waals surface area contributed by atoms with E-state index >= 15 is 0 Å². The Kier molecular flexibility index (Phi) is 5.33. The molecule has 2 aromatic heterocycles. The van der Waals surface area contributed by atoms with Gasteiger partial charge in [-0.2, -0.15) is 5.10 Å². The standard InChI is InChI=1S/C23H20N4O2/c28-23(29)15-25-21-12-19(18-6-2-1-3-7-18)11-20(13-21)22-8-10-27(26-22)16-17-5-4-9-24-14-17/h1-14,25H,15-16H2,(H,28,29). The lowest BCUT2D eigenvalue weighted by atomic mass is 10.0. The van der Waals surface area contributed by atoms with Crippen LogP contribution in [0.25, 0.3) is 22.4 Å². The van der Waals surface area contributed by atoms with Gasteiger partial charge in [0.15, 0.2) is 0 Å². The normalized spacial score (nSPS) is 10.6. The molecule has 0 saturated carbocycles. The summed E-state index contributed by atoms with van der Waals surface area (Å²) in [5.41, 5.74) is 5.61. The summed E-state index contributed by atoms with van der Waals surface area (Å²) in [5.74, 6) is -0.905. The third-order valence-corrected chi connectivity index (χ3v) is 4.49. The van der Waals surface area contributed by atoms with Crippen molar-refractivity contribution in [2.45, 2.75) is 6.54 Å². The van der Waals surface area contributed by atoms with Gasteiger partial charge < -0.3 is 10.4 Å². The van der Waals surface area contributed by atoms with Crippen LogP contribution in [0.3, 0.4) is 0 Å². The van der Waals surface area contributed by atoms with Crippen molar-refractivity contribution < 1.29 is 9.90 Å². The molecule has 0 radical (unpaired) electrons. The van der Waals surface area contributed by atoms with Gasteiger partial charge in [0.25, 0.3) is 0 Å². The lowest BCUT2D eigenvalue weighted by molar-refractivity contribution is -0.134. The SMILES string of the molecule is O=C(O)CNc1cc(-c2ccccc2)cc(-c2ccn(Cc3cccnc3)n2)c1. The topological polar surface area (TPSA) is 80.0 Å². The molecule has 2 aromatic carbocycles. The quantitative estimate of drug-likeness (QED) is 0.500. The maximum Gasteiger partial charge on any atom is 0.322 e. The average Bonchev–Trinajstić information content (AvgIpc) is 3.22. The number of rotatable bonds is 7. The van der Waals surface area contributed by atoms with Gasteiger partial charge in [-0.3, -0.25) is 14.5 Å². The number of hydrogen-bond acceptors (Lipinski definition) is 4. The van der Waals surface area contributed by atoms with Crippen molar-refractivity contribution in [3.63, 3.8) is 0 Å². The molecule has 0 aliphatic rings. The molecular weight excluding hydrogens is 364 g/mol. The van der Waals surface area contributed by atoms with Crippen molar-refractivity contribution in [3.05, 3.63) is 90.9 Å². The fourth-order valence-corrected chi connectivity index (χ4v) is 3.13. The highest BCUT2D eigenvalue weighted by Crippen LogP contribution is 2.29. The van der Waals surface area contributed by atoms with E-state index in [0.29, 0.717) is 6.54 Å². The Morgan fingerprint density at radius 3 is 2.55 bits per heavy atom. The Labute approximate surface area is 168 Å². The van der Waals surface area contributed by atoms with Gasteiger partial charge in [0.2, 0.25) is 0 Å². The molecule has 6 heteroatoms. The average molecular weight is 384 g/mol. The number of benzene rings is 2. The van der Waals surface area contributed by atoms with Crippen LogP contribution in [0, 0.1) is 0 Å². The van der Waals surface area contributed by atoms with E-state index in [1.54, 1.807) is 6.20 Å². The fraction of sp³-hybridized carbons (Fsp3) is 0.0870. The van der Waals surface area contributed by atoms with E-state index < -0.39 is 5.97 Å². The monoisotopic (exact) mass is 384 g/mol. The molecule has 6 nitrogen and oxygen atoms in total. The van der Waals surface area contributed by atoms with Crippen LogP contribution in [0.1, 0.15) is 5.56 Å². The molecule has 4 aromatic rings. The van der Waals surface area contributed by atoms with Crippen molar-refractivity contribution in [1.29, 1.82) is 0 Å². The zero-order valence-corrected chi connectivity index (χ0v) is 15.7. The molecule has 29 heavy (non-hydrogen) atoms. The van der Waals surface area contributed by atoms with E-state index in [0.717, 1.165) is 33.6 Å². The second-order valence-electron chi connectivity index (χ2n) is 6.67. The smallest absolute Gasteiger partial charge is 0.322 e. The Morgan fingerprint density at radius 2 is 1.79 bits per heavy atom. The molecule has 4 rings (SSSR count). The largest absolute Gasteiger partial charge is 0.480 e. The van der Waals surface area contributed by atoms with Gasteiger partial charge >= 0.3 is 5.97 Å². The van der Waals surface area contributed by atoms with E-state index in [9.17, 15) is 4.79 Å². The summed E-state index contributed by atoms with van der Waals surface area (Å²) in [7, 11) is 0. The van der Waals surface area contributed by atoms with Gasteiger partial charge in [-0.15, -0.1) is 0 Å². The van der Waals surface area contributed by atoms with Gasteiger partial charge in [0.1, 0.15) is 6.54 Å². The van der Waals surface area contributed by atoms with Crippen LogP contribution in [0.15, 0.2) is 85.3 Å². The summed E-state index contributed by atoms with van der Waals surface area (Å²) in [5, 5.41) is 16.7. The maximum atomic E-state index is 11.0. The van der Waals surface area contributed by atoms with Crippen LogP contribution in [0.5, 0.6) is 0 Å². The van der Waals surface area contributed by atoms with Crippen LogP contribution in [0.2, 0.25) is 0 Å². The summed E-state index contributed by atoms with van der Waals surface area (Å²) < 4.78 is 1.87. The summed E-state index contributed by atoms with van der Waals surface area (Å²) in [4.78, 5) is 15.1. The molecule has 0 aliphatic carbocycles. The molecule has 0 saturated heterocycles. The van der Waals surface area contributed by atoms with Crippen LogP contribution >= 0.6 is 0 Å². The molecule has 0 spiro atoms. The Balaban J connectivity index is 1.67. The molecule has 144 valence electrons. The highest BCUT2D eigenvalue weighted by molar-refractivity contribution is 5.79. The lowest BCUT2D eigenvalue weighted by Crippen LogP contribution is -2.12. The van der Waals surface area contributed by atoms with E-state index in [4.69, 9.17) is 10.2 Å². The highest BCUT2D eigenvalue weighted by Gasteiger charge is 2.09. The van der Waals surface area contributed by atoms with Crippen molar-refractivity contribution in [3.8, 4) is 22.4 Å². The first kappa shape index (κ1) is 18.4. The fourth-order valence-electron chi connectivity index (χ4n) is 3.13. The van der Waals surface area contributed by atoms with E-state index in [-0.39, 0.29) is 6.54 Å². The third-order valence-electron chi connectivity index (χ3n) is 4.49. The predicted molar refractivity (Wildman–Crippen MR) is 113 cm³/mol. The second kappa shape index (κ2) is 8.39. The Bertz CT molecular complexity index is 1110. The van der Waals surface area contributed by atoms with Crippen LogP contribution < -0.4 is 5.32 Å². The number of carboxylic acids is 1. The molecule has 0 fully saturated rings. The zero-order valence-electron chi connectivity index (χ0n) is 15.7. The van der Waals surface area contributed by atoms with E-state index in [2.05, 4.69) is 16.4 Å². The summed E-state index contributed by atoms with van der Waals surface area (Å²) >= 11 is 0. The number of nitrogens with one attached hydrogen (secondary N) is 1. The predicted octanol–water partition coefficient (Wildman–Crippen LogP) is 4.16. The van der Waals surface area contributed by atoms with Gasteiger partial charge in [-0.05, 0) is 47.0 Å². The molecule has 0 unspecified atom stereocenters. The Hall–Kier alpha value is -3.93. The number of carbonyl (C=O) groups is 1. The minimum Gasteiger partial charge on any atom is -0.480 e. The van der Waals surface area contributed by atoms with Gasteiger partial charge in [-0.1, -0.05) is 36.4 Å². The molecule has 0 aliphatic heterocycles. The molecule has 2 heterocycles. The van der Waals surface area contributed by atoms with Crippen molar-refractivity contribution >= 4 is 11.7 Å². The first-order valence-electron chi connectivity index (χ1n) is 9.26. The maximum absolute atomic E-state index is 11.0.